The number of carbonyl (C=O) groups excluding carboxylic acids is 1. The molecule has 2 N–H and O–H groups in total. The number of nitrogens with zero attached hydrogens (tertiary/aromatic N) is 2. The number of hydrazone groups is 1. The van der Waals surface area contributed by atoms with Crippen LogP contribution in [0.2, 0.25) is 0 Å². The average molecular weight is 365 g/mol. The quantitative estimate of drug-likeness (QED) is 0.793. The van der Waals surface area contributed by atoms with Gasteiger partial charge in [0.05, 0.1) is 5.69 Å². The molecule has 0 saturated heterocycles. The number of para-hydroxylation sites is 1. The van der Waals surface area contributed by atoms with Crippen LogP contribution in [-0.4, -0.2) is 50.0 Å². The molecule has 1 aromatic carbocycles. The van der Waals surface area contributed by atoms with Gasteiger partial charge in [0.25, 0.3) is 5.91 Å². The number of carbonyl (C=O) groups is 2. The van der Waals surface area contributed by atoms with Crippen molar-refractivity contribution in [2.24, 2.45) is 5.10 Å². The Morgan fingerprint density at radius 3 is 2.52 bits per heavy atom. The van der Waals surface area contributed by atoms with Gasteiger partial charge in [0, 0.05) is 34.3 Å². The van der Waals surface area contributed by atoms with Crippen LogP contribution in [0.25, 0.3) is 0 Å². The highest BCUT2D eigenvalue weighted by atomic mass is 32.2. The summed E-state index contributed by atoms with van der Waals surface area (Å²) in [7, 11) is -1.07. The van der Waals surface area contributed by atoms with Crippen molar-refractivity contribution in [3.63, 3.8) is 0 Å². The fraction of sp³-hybridized carbons (Fsp3) is 0.471. The van der Waals surface area contributed by atoms with Crippen LogP contribution in [0.3, 0.4) is 0 Å². The summed E-state index contributed by atoms with van der Waals surface area (Å²) in [5, 5.41) is 17.6. The minimum absolute atomic E-state index is 0.0262. The lowest BCUT2D eigenvalue weighted by Gasteiger charge is -2.19. The van der Waals surface area contributed by atoms with Crippen molar-refractivity contribution in [1.82, 2.24) is 5.32 Å². The largest absolute Gasteiger partial charge is 0.480 e. The number of carboxylic acids is 1. The minimum Gasteiger partial charge on any atom is -0.480 e. The maximum absolute atomic E-state index is 12.3. The molecular formula is C17H23N3O4S. The maximum atomic E-state index is 12.3. The van der Waals surface area contributed by atoms with E-state index in [1.54, 1.807) is 24.3 Å². The van der Waals surface area contributed by atoms with Crippen molar-refractivity contribution in [3.05, 3.63) is 30.3 Å². The summed E-state index contributed by atoms with van der Waals surface area (Å²) in [5.41, 5.74) is 0.782. The molecule has 0 fully saturated rings. The van der Waals surface area contributed by atoms with Crippen LogP contribution in [0.15, 0.2) is 35.4 Å². The molecule has 136 valence electrons. The number of amides is 1. The summed E-state index contributed by atoms with van der Waals surface area (Å²) in [5.74, 6) is -1.12. The van der Waals surface area contributed by atoms with E-state index in [1.807, 2.05) is 26.8 Å². The summed E-state index contributed by atoms with van der Waals surface area (Å²) < 4.78 is 11.7. The normalized spacial score (nSPS) is 18.6. The number of aliphatic carboxylic acids is 1. The van der Waals surface area contributed by atoms with E-state index < -0.39 is 28.7 Å². The van der Waals surface area contributed by atoms with Gasteiger partial charge in [-0.25, -0.2) is 4.79 Å². The summed E-state index contributed by atoms with van der Waals surface area (Å²) in [4.78, 5) is 23.7. The summed E-state index contributed by atoms with van der Waals surface area (Å²) in [6.07, 6.45) is 0.0262. The third kappa shape index (κ3) is 4.88. The number of hydrogen-bond acceptors (Lipinski definition) is 5. The summed E-state index contributed by atoms with van der Waals surface area (Å²) in [6, 6.07) is 7.96. The molecule has 8 heteroatoms. The standard InChI is InChI=1S/C17H23N3O4S/c1-17(2,3)25(24)10-9-18-15(21)13-11-14(16(22)23)20(19-13)12-7-5-4-6-8-12/h4-8,14H,9-11H2,1-3H3,(H,18,21)(H,22,23). The molecule has 1 aromatic rings. The Balaban J connectivity index is 2.02. The first-order valence-corrected chi connectivity index (χ1v) is 9.33. The zero-order valence-corrected chi connectivity index (χ0v) is 15.4. The smallest absolute Gasteiger partial charge is 0.328 e. The zero-order chi connectivity index (χ0) is 18.6. The van der Waals surface area contributed by atoms with Gasteiger partial charge in [-0.05, 0) is 32.9 Å². The number of nitrogens with one attached hydrogen (secondary N) is 1. The Morgan fingerprint density at radius 2 is 1.96 bits per heavy atom. The van der Waals surface area contributed by atoms with E-state index in [9.17, 15) is 18.9 Å². The fourth-order valence-corrected chi connectivity index (χ4v) is 3.22. The number of benzene rings is 1. The summed E-state index contributed by atoms with van der Waals surface area (Å²) >= 11 is 0. The number of rotatable bonds is 6. The van der Waals surface area contributed by atoms with Gasteiger partial charge < -0.3 is 10.4 Å². The van der Waals surface area contributed by atoms with E-state index in [4.69, 9.17) is 0 Å². The average Bonchev–Trinajstić information content (AvgIpc) is 3.00. The lowest BCUT2D eigenvalue weighted by molar-refractivity contribution is -0.138. The first-order valence-electron chi connectivity index (χ1n) is 8.01. The molecule has 0 aromatic heterocycles. The lowest BCUT2D eigenvalue weighted by Crippen LogP contribution is -2.37. The zero-order valence-electron chi connectivity index (χ0n) is 14.6. The first kappa shape index (κ1) is 19.1. The Morgan fingerprint density at radius 1 is 1.32 bits per heavy atom. The Labute approximate surface area is 149 Å². The van der Waals surface area contributed by atoms with E-state index in [1.165, 1.54) is 5.01 Å². The van der Waals surface area contributed by atoms with Gasteiger partial charge in [-0.1, -0.05) is 18.2 Å². The van der Waals surface area contributed by atoms with Crippen molar-refractivity contribution < 1.29 is 18.9 Å². The van der Waals surface area contributed by atoms with E-state index in [0.29, 0.717) is 11.4 Å². The Kier molecular flexibility index (Phi) is 5.94. The van der Waals surface area contributed by atoms with Crippen molar-refractivity contribution >= 4 is 34.1 Å². The monoisotopic (exact) mass is 365 g/mol. The Bertz CT molecular complexity index is 698. The Hall–Kier alpha value is -2.22. The molecule has 1 aliphatic rings. The number of anilines is 1. The molecular weight excluding hydrogens is 342 g/mol. The van der Waals surface area contributed by atoms with Crippen LogP contribution in [-0.2, 0) is 20.4 Å². The van der Waals surface area contributed by atoms with Gasteiger partial charge in [0.1, 0.15) is 5.71 Å². The van der Waals surface area contributed by atoms with Crippen molar-refractivity contribution in [3.8, 4) is 0 Å². The van der Waals surface area contributed by atoms with Crippen LogP contribution in [0, 0.1) is 0 Å². The molecule has 2 unspecified atom stereocenters. The van der Waals surface area contributed by atoms with Gasteiger partial charge in [-0.3, -0.25) is 14.0 Å². The van der Waals surface area contributed by atoms with E-state index in [-0.39, 0.29) is 23.4 Å². The molecule has 1 amide bonds. The van der Waals surface area contributed by atoms with Gasteiger partial charge in [0.15, 0.2) is 6.04 Å². The number of hydrogen-bond donors (Lipinski definition) is 2. The molecule has 0 spiro atoms. The van der Waals surface area contributed by atoms with Crippen molar-refractivity contribution in [2.75, 3.05) is 17.3 Å². The van der Waals surface area contributed by atoms with Crippen LogP contribution in [0.5, 0.6) is 0 Å². The van der Waals surface area contributed by atoms with Gasteiger partial charge >= 0.3 is 5.97 Å². The topological polar surface area (TPSA) is 99.1 Å². The highest BCUT2D eigenvalue weighted by molar-refractivity contribution is 7.86. The molecule has 25 heavy (non-hydrogen) atoms. The fourth-order valence-electron chi connectivity index (χ4n) is 2.32. The van der Waals surface area contributed by atoms with Crippen molar-refractivity contribution in [2.45, 2.75) is 38.0 Å². The molecule has 0 saturated carbocycles. The van der Waals surface area contributed by atoms with Gasteiger partial charge in [0.2, 0.25) is 0 Å². The van der Waals surface area contributed by atoms with Crippen LogP contribution in [0.4, 0.5) is 5.69 Å². The third-order valence-corrected chi connectivity index (χ3v) is 5.68. The number of carboxylic acid groups (broad SMARTS) is 1. The molecule has 2 atom stereocenters. The second-order valence-corrected chi connectivity index (χ2v) is 9.03. The maximum Gasteiger partial charge on any atom is 0.328 e. The SMILES string of the molecule is CC(C)(C)S(=O)CCNC(=O)C1=NN(c2ccccc2)C(C(=O)O)C1. The van der Waals surface area contributed by atoms with Gasteiger partial charge in [-0.15, -0.1) is 0 Å². The minimum atomic E-state index is -1.07. The van der Waals surface area contributed by atoms with E-state index in [0.717, 1.165) is 0 Å². The van der Waals surface area contributed by atoms with Crippen LogP contribution in [0.1, 0.15) is 27.2 Å². The summed E-state index contributed by atoms with van der Waals surface area (Å²) in [6.45, 7) is 5.88. The molecule has 0 aliphatic carbocycles. The molecule has 7 nitrogen and oxygen atoms in total. The molecule has 2 rings (SSSR count). The van der Waals surface area contributed by atoms with E-state index in [2.05, 4.69) is 10.4 Å². The molecule has 0 bridgehead atoms. The second kappa shape index (κ2) is 7.77. The highest BCUT2D eigenvalue weighted by Crippen LogP contribution is 2.24. The van der Waals surface area contributed by atoms with Crippen molar-refractivity contribution in [1.29, 1.82) is 0 Å². The van der Waals surface area contributed by atoms with Gasteiger partial charge in [-0.2, -0.15) is 5.10 Å². The first-order chi connectivity index (χ1) is 11.7. The molecule has 0 radical (unpaired) electrons. The molecule has 1 heterocycles. The van der Waals surface area contributed by atoms with E-state index >= 15 is 0 Å². The lowest BCUT2D eigenvalue weighted by atomic mass is 10.1. The highest BCUT2D eigenvalue weighted by Gasteiger charge is 2.36. The molecule has 1 aliphatic heterocycles. The van der Waals surface area contributed by atoms with Crippen LogP contribution >= 0.6 is 0 Å². The second-order valence-electron chi connectivity index (χ2n) is 6.70. The predicted molar refractivity (Wildman–Crippen MR) is 98.2 cm³/mol. The van der Waals surface area contributed by atoms with Crippen LogP contribution < -0.4 is 10.3 Å². The third-order valence-electron chi connectivity index (χ3n) is 3.73. The predicted octanol–water partition coefficient (Wildman–Crippen LogP) is 1.37.